The van der Waals surface area contributed by atoms with Crippen molar-refractivity contribution < 1.29 is 18.7 Å². The van der Waals surface area contributed by atoms with Crippen LogP contribution < -0.4 is 15.5 Å². The van der Waals surface area contributed by atoms with Gasteiger partial charge in [0.2, 0.25) is 0 Å². The zero-order valence-electron chi connectivity index (χ0n) is 28.0. The van der Waals surface area contributed by atoms with Gasteiger partial charge in [-0.3, -0.25) is 4.79 Å². The van der Waals surface area contributed by atoms with Crippen LogP contribution in [0.3, 0.4) is 0 Å². The van der Waals surface area contributed by atoms with Gasteiger partial charge in [-0.05, 0) is 131 Å². The number of methoxy groups -OCH3 is 1. The summed E-state index contributed by atoms with van der Waals surface area (Å²) in [6.07, 6.45) is 9.43. The van der Waals surface area contributed by atoms with Gasteiger partial charge in [0.1, 0.15) is 5.82 Å². The maximum Gasteiger partial charge on any atom is 0.407 e. The van der Waals surface area contributed by atoms with Gasteiger partial charge >= 0.3 is 6.09 Å². The van der Waals surface area contributed by atoms with Gasteiger partial charge in [0.05, 0.1) is 7.11 Å². The summed E-state index contributed by atoms with van der Waals surface area (Å²) in [7, 11) is 1.43. The van der Waals surface area contributed by atoms with Crippen LogP contribution in [0.4, 0.5) is 14.9 Å². The fraction of sp³-hybridized carbons (Fsp3) is 0.632. The normalized spacial score (nSPS) is 25.7. The van der Waals surface area contributed by atoms with Gasteiger partial charge in [0.15, 0.2) is 0 Å². The topological polar surface area (TPSA) is 77.2 Å². The number of benzene rings is 2. The lowest BCUT2D eigenvalue weighted by atomic mass is 9.57. The van der Waals surface area contributed by atoms with Crippen molar-refractivity contribution in [1.29, 1.82) is 0 Å². The first-order chi connectivity index (χ1) is 22.9. The number of rotatable bonds is 11. The number of carbonyl (C=O) groups is 2. The first-order valence-electron chi connectivity index (χ1n) is 18.1. The van der Waals surface area contributed by atoms with Gasteiger partial charge < -0.3 is 30.1 Å². The highest BCUT2D eigenvalue weighted by Gasteiger charge is 2.53. The molecule has 3 heterocycles. The van der Waals surface area contributed by atoms with E-state index in [-0.39, 0.29) is 35.2 Å². The second kappa shape index (κ2) is 14.1. The third-order valence-corrected chi connectivity index (χ3v) is 12.2. The van der Waals surface area contributed by atoms with E-state index in [1.807, 2.05) is 18.2 Å². The molecule has 47 heavy (non-hydrogen) atoms. The third-order valence-electron chi connectivity index (χ3n) is 12.2. The highest BCUT2D eigenvalue weighted by molar-refractivity contribution is 5.94. The van der Waals surface area contributed by atoms with Gasteiger partial charge in [0.25, 0.3) is 5.91 Å². The second-order valence-electron chi connectivity index (χ2n) is 15.0. The molecule has 254 valence electrons. The molecule has 2 aliphatic carbocycles. The average molecular weight is 646 g/mol. The van der Waals surface area contributed by atoms with Crippen LogP contribution in [0.15, 0.2) is 48.5 Å². The van der Waals surface area contributed by atoms with E-state index in [4.69, 9.17) is 4.74 Å². The molecular formula is C38H52FN5O3. The summed E-state index contributed by atoms with van der Waals surface area (Å²) < 4.78 is 20.0. The van der Waals surface area contributed by atoms with E-state index in [1.165, 1.54) is 25.6 Å². The van der Waals surface area contributed by atoms with E-state index in [0.29, 0.717) is 17.9 Å². The molecule has 3 saturated heterocycles. The Labute approximate surface area is 279 Å². The lowest BCUT2D eigenvalue weighted by molar-refractivity contribution is 0.0223. The number of nitrogens with zero attached hydrogens (tertiary/aromatic N) is 3. The predicted octanol–water partition coefficient (Wildman–Crippen LogP) is 5.42. The molecule has 5 aliphatic rings. The molecule has 7 rings (SSSR count). The van der Waals surface area contributed by atoms with Gasteiger partial charge in [-0.1, -0.05) is 18.6 Å². The van der Waals surface area contributed by atoms with E-state index in [0.717, 1.165) is 108 Å². The monoisotopic (exact) mass is 645 g/mol. The minimum absolute atomic E-state index is 0.0252. The summed E-state index contributed by atoms with van der Waals surface area (Å²) in [6.45, 7) is 8.37. The Morgan fingerprint density at radius 2 is 1.62 bits per heavy atom. The largest absolute Gasteiger partial charge is 0.453 e. The molecule has 3 aliphatic heterocycles. The van der Waals surface area contributed by atoms with E-state index >= 15 is 0 Å². The molecular weight excluding hydrogens is 593 g/mol. The molecule has 2 aromatic rings. The molecule has 0 aromatic heterocycles. The molecule has 5 fully saturated rings. The van der Waals surface area contributed by atoms with E-state index in [2.05, 4.69) is 43.5 Å². The van der Waals surface area contributed by atoms with Crippen molar-refractivity contribution in [1.82, 2.24) is 20.4 Å². The minimum Gasteiger partial charge on any atom is -0.453 e. The molecule has 0 unspecified atom stereocenters. The van der Waals surface area contributed by atoms with Gasteiger partial charge in [-0.15, -0.1) is 0 Å². The van der Waals surface area contributed by atoms with E-state index in [9.17, 15) is 14.0 Å². The van der Waals surface area contributed by atoms with Crippen molar-refractivity contribution in [2.45, 2.75) is 75.3 Å². The standard InChI is InChI=1S/C38H52FN5O3/c1-47-37(46)41-35-11-4-10-34(35)38(26-43-18-5-19-43,30-6-2-7-31(39)22-30)29-16-20-42(21-17-29)23-27-24-44(25-27)33-14-12-28(13-15-33)36(45)40-32-8-3-9-32/h2,6-7,12-15,22,27,29,32,34-35H,3-5,8-11,16-21,23-26H2,1H3,(H,40,45)(H,41,46)/t34-,35-,38-/m0/s1. The Morgan fingerprint density at radius 1 is 0.872 bits per heavy atom. The molecule has 2 N–H and O–H groups in total. The number of ether oxygens (including phenoxy) is 1. The molecule has 0 spiro atoms. The number of alkyl carbamates (subject to hydrolysis) is 1. The highest BCUT2D eigenvalue weighted by atomic mass is 19.1. The number of hydrogen-bond acceptors (Lipinski definition) is 6. The Balaban J connectivity index is 0.999. The molecule has 8 nitrogen and oxygen atoms in total. The van der Waals surface area contributed by atoms with Crippen molar-refractivity contribution in [3.8, 4) is 0 Å². The summed E-state index contributed by atoms with van der Waals surface area (Å²) >= 11 is 0. The van der Waals surface area contributed by atoms with Crippen LogP contribution >= 0.6 is 0 Å². The Kier molecular flexibility index (Phi) is 9.73. The molecule has 2 aromatic carbocycles. The van der Waals surface area contributed by atoms with Crippen molar-refractivity contribution >= 4 is 17.7 Å². The first kappa shape index (κ1) is 32.4. The van der Waals surface area contributed by atoms with Crippen molar-refractivity contribution in [3.63, 3.8) is 0 Å². The van der Waals surface area contributed by atoms with Crippen LogP contribution in [0.5, 0.6) is 0 Å². The van der Waals surface area contributed by atoms with Crippen LogP contribution in [0.25, 0.3) is 0 Å². The summed E-state index contributed by atoms with van der Waals surface area (Å²) in [5.41, 5.74) is 2.81. The lowest BCUT2D eigenvalue weighted by Crippen LogP contribution is -2.60. The van der Waals surface area contributed by atoms with Crippen molar-refractivity contribution in [2.24, 2.45) is 17.8 Å². The SMILES string of the molecule is COC(=O)N[C@H]1CCC[C@@H]1[C@](CN1CCC1)(c1cccc(F)c1)C1CCN(CC2CN(c3ccc(C(=O)NC4CCC4)cc3)C2)CC1. The van der Waals surface area contributed by atoms with E-state index < -0.39 is 0 Å². The maximum atomic E-state index is 14.9. The molecule has 9 heteroatoms. The molecule has 2 saturated carbocycles. The quantitative estimate of drug-likeness (QED) is 0.340. The number of anilines is 1. The number of piperidine rings is 1. The zero-order chi connectivity index (χ0) is 32.4. The fourth-order valence-electron chi connectivity index (χ4n) is 9.27. The average Bonchev–Trinajstić information content (AvgIpc) is 3.49. The predicted molar refractivity (Wildman–Crippen MR) is 182 cm³/mol. The Bertz CT molecular complexity index is 1380. The molecule has 3 atom stereocenters. The van der Waals surface area contributed by atoms with Gasteiger partial charge in [-0.25, -0.2) is 9.18 Å². The van der Waals surface area contributed by atoms with E-state index in [1.54, 1.807) is 12.1 Å². The van der Waals surface area contributed by atoms with Gasteiger partial charge in [-0.2, -0.15) is 0 Å². The third kappa shape index (κ3) is 6.89. The smallest absolute Gasteiger partial charge is 0.407 e. The zero-order valence-corrected chi connectivity index (χ0v) is 28.0. The highest BCUT2D eigenvalue weighted by Crippen LogP contribution is 2.51. The first-order valence-corrected chi connectivity index (χ1v) is 18.1. The number of carbonyl (C=O) groups excluding carboxylic acids is 2. The molecule has 0 bridgehead atoms. The summed E-state index contributed by atoms with van der Waals surface area (Å²) in [5, 5.41) is 6.33. The van der Waals surface area contributed by atoms with Gasteiger partial charge in [0, 0.05) is 60.8 Å². The summed E-state index contributed by atoms with van der Waals surface area (Å²) in [6, 6.07) is 15.9. The Hall–Kier alpha value is -3.17. The summed E-state index contributed by atoms with van der Waals surface area (Å²) in [5.74, 6) is 1.14. The maximum absolute atomic E-state index is 14.9. The van der Waals surface area contributed by atoms with Crippen LogP contribution in [0.1, 0.15) is 73.7 Å². The number of nitrogens with one attached hydrogen (secondary N) is 2. The minimum atomic E-state index is -0.367. The fourth-order valence-corrected chi connectivity index (χ4v) is 9.27. The van der Waals surface area contributed by atoms with Crippen LogP contribution in [-0.4, -0.2) is 93.4 Å². The number of amides is 2. The van der Waals surface area contributed by atoms with Crippen molar-refractivity contribution in [3.05, 3.63) is 65.5 Å². The van der Waals surface area contributed by atoms with Crippen molar-refractivity contribution in [2.75, 3.05) is 64.4 Å². The number of halogens is 1. The summed E-state index contributed by atoms with van der Waals surface area (Å²) in [4.78, 5) is 32.6. The number of hydrogen-bond donors (Lipinski definition) is 2. The Morgan fingerprint density at radius 3 is 2.26 bits per heavy atom. The van der Waals surface area contributed by atoms with Crippen LogP contribution in [0.2, 0.25) is 0 Å². The van der Waals surface area contributed by atoms with Crippen LogP contribution in [-0.2, 0) is 10.2 Å². The lowest BCUT2D eigenvalue weighted by Gasteiger charge is -2.54. The number of likely N-dealkylation sites (tertiary alicyclic amines) is 2. The second-order valence-corrected chi connectivity index (χ2v) is 15.0. The molecule has 0 radical (unpaired) electrons. The molecule has 2 amide bonds. The van der Waals surface area contributed by atoms with Crippen LogP contribution in [0, 0.1) is 23.6 Å².